The molecule has 2 heteroatoms. The molecule has 0 aliphatic rings. The summed E-state index contributed by atoms with van der Waals surface area (Å²) in [7, 11) is 1.71. The number of fused-ring (bicyclic) bond motifs is 1. The third-order valence-corrected chi connectivity index (χ3v) is 3.00. The van der Waals surface area contributed by atoms with Crippen LogP contribution < -0.4 is 4.74 Å². The molecule has 0 aliphatic heterocycles. The fraction of sp³-hybridized carbons (Fsp3) is 0.333. The van der Waals surface area contributed by atoms with Crippen LogP contribution in [0.2, 0.25) is 0 Å². The van der Waals surface area contributed by atoms with Crippen LogP contribution in [0.25, 0.3) is 10.8 Å². The van der Waals surface area contributed by atoms with Crippen molar-refractivity contribution in [2.24, 2.45) is 0 Å². The molecule has 0 heterocycles. The Labute approximate surface area is 102 Å². The standard InChI is InChI=1S/C15H18O2/c1-17-15-11-13-7-3-2-6-12(13)10-14(15)8-4-5-9-16/h2-3,6-7,10-11,16H,4-5,8-9H2,1H3. The van der Waals surface area contributed by atoms with Gasteiger partial charge in [0.25, 0.3) is 0 Å². The van der Waals surface area contributed by atoms with Gasteiger partial charge in [-0.05, 0) is 47.7 Å². The summed E-state index contributed by atoms with van der Waals surface area (Å²) in [5.41, 5.74) is 1.22. The van der Waals surface area contributed by atoms with E-state index in [2.05, 4.69) is 24.3 Å². The van der Waals surface area contributed by atoms with Gasteiger partial charge in [0.1, 0.15) is 5.75 Å². The minimum atomic E-state index is 0.260. The molecule has 0 aliphatic carbocycles. The fourth-order valence-corrected chi connectivity index (χ4v) is 2.08. The fourth-order valence-electron chi connectivity index (χ4n) is 2.08. The summed E-state index contributed by atoms with van der Waals surface area (Å²) in [6.45, 7) is 0.260. The number of unbranched alkanes of at least 4 members (excludes halogenated alkanes) is 1. The molecule has 0 bridgehead atoms. The Morgan fingerprint density at radius 2 is 1.76 bits per heavy atom. The highest BCUT2D eigenvalue weighted by molar-refractivity contribution is 5.85. The van der Waals surface area contributed by atoms with Gasteiger partial charge in [-0.3, -0.25) is 0 Å². The lowest BCUT2D eigenvalue weighted by Gasteiger charge is -2.10. The number of rotatable bonds is 5. The monoisotopic (exact) mass is 230 g/mol. The number of hydrogen-bond donors (Lipinski definition) is 1. The van der Waals surface area contributed by atoms with Crippen molar-refractivity contribution in [1.82, 2.24) is 0 Å². The molecule has 0 spiro atoms. The number of aliphatic hydroxyl groups is 1. The maximum atomic E-state index is 8.81. The van der Waals surface area contributed by atoms with Crippen LogP contribution in [0.15, 0.2) is 36.4 Å². The Hall–Kier alpha value is -1.54. The highest BCUT2D eigenvalue weighted by Crippen LogP contribution is 2.27. The number of hydrogen-bond acceptors (Lipinski definition) is 2. The minimum Gasteiger partial charge on any atom is -0.496 e. The quantitative estimate of drug-likeness (QED) is 0.799. The Kier molecular flexibility index (Phi) is 3.99. The van der Waals surface area contributed by atoms with Crippen molar-refractivity contribution in [3.8, 4) is 5.75 Å². The predicted octanol–water partition coefficient (Wildman–Crippen LogP) is 3.16. The Bertz CT molecular complexity index is 491. The van der Waals surface area contributed by atoms with Gasteiger partial charge in [0, 0.05) is 6.61 Å². The van der Waals surface area contributed by atoms with Crippen LogP contribution in [-0.2, 0) is 6.42 Å². The van der Waals surface area contributed by atoms with Crippen LogP contribution in [0.1, 0.15) is 18.4 Å². The highest BCUT2D eigenvalue weighted by atomic mass is 16.5. The van der Waals surface area contributed by atoms with Crippen molar-refractivity contribution in [2.75, 3.05) is 13.7 Å². The van der Waals surface area contributed by atoms with Crippen molar-refractivity contribution < 1.29 is 9.84 Å². The van der Waals surface area contributed by atoms with Gasteiger partial charge in [-0.15, -0.1) is 0 Å². The number of benzene rings is 2. The van der Waals surface area contributed by atoms with Crippen molar-refractivity contribution in [1.29, 1.82) is 0 Å². The molecule has 17 heavy (non-hydrogen) atoms. The van der Waals surface area contributed by atoms with E-state index in [1.54, 1.807) is 7.11 Å². The molecule has 0 unspecified atom stereocenters. The van der Waals surface area contributed by atoms with Gasteiger partial charge in [0.05, 0.1) is 7.11 Å². The molecule has 0 radical (unpaired) electrons. The number of aryl methyl sites for hydroxylation is 1. The van der Waals surface area contributed by atoms with E-state index >= 15 is 0 Å². The third-order valence-electron chi connectivity index (χ3n) is 3.00. The molecule has 0 fully saturated rings. The molecule has 1 N–H and O–H groups in total. The number of aliphatic hydroxyl groups excluding tert-OH is 1. The van der Waals surface area contributed by atoms with E-state index in [1.807, 2.05) is 12.1 Å². The molecule has 0 aromatic heterocycles. The first-order valence-corrected chi connectivity index (χ1v) is 6.01. The van der Waals surface area contributed by atoms with E-state index in [9.17, 15) is 0 Å². The molecule has 2 aromatic carbocycles. The molecular formula is C15H18O2. The van der Waals surface area contributed by atoms with Crippen LogP contribution >= 0.6 is 0 Å². The summed E-state index contributed by atoms with van der Waals surface area (Å²) in [5.74, 6) is 0.946. The van der Waals surface area contributed by atoms with Crippen molar-refractivity contribution >= 4 is 10.8 Å². The lowest BCUT2D eigenvalue weighted by atomic mass is 10.0. The number of methoxy groups -OCH3 is 1. The van der Waals surface area contributed by atoms with Crippen LogP contribution in [-0.4, -0.2) is 18.8 Å². The van der Waals surface area contributed by atoms with E-state index in [-0.39, 0.29) is 6.61 Å². The van der Waals surface area contributed by atoms with Gasteiger partial charge < -0.3 is 9.84 Å². The van der Waals surface area contributed by atoms with Gasteiger partial charge in [-0.1, -0.05) is 24.3 Å². The van der Waals surface area contributed by atoms with Crippen molar-refractivity contribution in [2.45, 2.75) is 19.3 Å². The highest BCUT2D eigenvalue weighted by Gasteiger charge is 2.05. The van der Waals surface area contributed by atoms with Gasteiger partial charge in [-0.2, -0.15) is 0 Å². The summed E-state index contributed by atoms with van der Waals surface area (Å²) in [6, 6.07) is 12.6. The van der Waals surface area contributed by atoms with Gasteiger partial charge in [0.2, 0.25) is 0 Å². The second kappa shape index (κ2) is 5.69. The predicted molar refractivity (Wildman–Crippen MR) is 70.5 cm³/mol. The molecule has 90 valence electrons. The largest absolute Gasteiger partial charge is 0.496 e. The normalized spacial score (nSPS) is 10.7. The zero-order valence-electron chi connectivity index (χ0n) is 10.1. The first kappa shape index (κ1) is 11.9. The summed E-state index contributed by atoms with van der Waals surface area (Å²) in [5, 5.41) is 11.3. The summed E-state index contributed by atoms with van der Waals surface area (Å²) in [4.78, 5) is 0. The Morgan fingerprint density at radius 1 is 1.06 bits per heavy atom. The maximum absolute atomic E-state index is 8.81. The molecule has 0 amide bonds. The SMILES string of the molecule is COc1cc2ccccc2cc1CCCCO. The van der Waals surface area contributed by atoms with Gasteiger partial charge >= 0.3 is 0 Å². The lowest BCUT2D eigenvalue weighted by Crippen LogP contribution is -1.94. The topological polar surface area (TPSA) is 29.5 Å². The van der Waals surface area contributed by atoms with Crippen LogP contribution in [0.5, 0.6) is 5.75 Å². The minimum absolute atomic E-state index is 0.260. The summed E-state index contributed by atoms with van der Waals surface area (Å²) in [6.07, 6.45) is 2.79. The van der Waals surface area contributed by atoms with E-state index in [4.69, 9.17) is 9.84 Å². The maximum Gasteiger partial charge on any atom is 0.122 e. The molecule has 2 nitrogen and oxygen atoms in total. The Balaban J connectivity index is 2.32. The van der Waals surface area contributed by atoms with Crippen molar-refractivity contribution in [3.05, 3.63) is 42.0 Å². The third kappa shape index (κ3) is 2.77. The average Bonchev–Trinajstić information content (AvgIpc) is 2.38. The van der Waals surface area contributed by atoms with Crippen molar-refractivity contribution in [3.63, 3.8) is 0 Å². The molecule has 2 aromatic rings. The zero-order valence-corrected chi connectivity index (χ0v) is 10.1. The molecular weight excluding hydrogens is 212 g/mol. The van der Waals surface area contributed by atoms with Crippen LogP contribution in [0, 0.1) is 0 Å². The number of ether oxygens (including phenoxy) is 1. The zero-order chi connectivity index (χ0) is 12.1. The van der Waals surface area contributed by atoms with E-state index in [0.29, 0.717) is 0 Å². The first-order chi connectivity index (χ1) is 8.35. The Morgan fingerprint density at radius 3 is 2.41 bits per heavy atom. The molecule has 2 rings (SSSR count). The van der Waals surface area contributed by atoms with E-state index in [1.165, 1.54) is 16.3 Å². The molecule has 0 atom stereocenters. The average molecular weight is 230 g/mol. The second-order valence-electron chi connectivity index (χ2n) is 4.19. The second-order valence-corrected chi connectivity index (χ2v) is 4.19. The molecule has 0 saturated carbocycles. The van der Waals surface area contributed by atoms with Gasteiger partial charge in [-0.25, -0.2) is 0 Å². The lowest BCUT2D eigenvalue weighted by molar-refractivity contribution is 0.284. The smallest absolute Gasteiger partial charge is 0.122 e. The van der Waals surface area contributed by atoms with Crippen LogP contribution in [0.4, 0.5) is 0 Å². The van der Waals surface area contributed by atoms with Gasteiger partial charge in [0.15, 0.2) is 0 Å². The summed E-state index contributed by atoms with van der Waals surface area (Å²) < 4.78 is 5.42. The van der Waals surface area contributed by atoms with E-state index in [0.717, 1.165) is 25.0 Å². The van der Waals surface area contributed by atoms with E-state index < -0.39 is 0 Å². The molecule has 0 saturated heterocycles. The van der Waals surface area contributed by atoms with Crippen LogP contribution in [0.3, 0.4) is 0 Å². The summed E-state index contributed by atoms with van der Waals surface area (Å²) >= 11 is 0. The first-order valence-electron chi connectivity index (χ1n) is 6.01.